The first kappa shape index (κ1) is 11.9. The van der Waals surface area contributed by atoms with Crippen LogP contribution in [0.3, 0.4) is 0 Å². The van der Waals surface area contributed by atoms with Gasteiger partial charge in [-0.2, -0.15) is 0 Å². The van der Waals surface area contributed by atoms with Crippen molar-refractivity contribution in [3.05, 3.63) is 16.4 Å². The van der Waals surface area contributed by atoms with Gasteiger partial charge in [0.2, 0.25) is 0 Å². The third-order valence-electron chi connectivity index (χ3n) is 2.02. The molecule has 6 heteroatoms. The average Bonchev–Trinajstić information content (AvgIpc) is 2.59. The molecule has 0 amide bonds. The normalized spacial score (nSPS) is 12.8. The van der Waals surface area contributed by atoms with Gasteiger partial charge in [0.1, 0.15) is 6.04 Å². The second-order valence-electron chi connectivity index (χ2n) is 3.54. The summed E-state index contributed by atoms with van der Waals surface area (Å²) >= 11 is 1.28. The number of carbonyl (C=O) groups excluding carboxylic acids is 1. The predicted octanol–water partition coefficient (Wildman–Crippen LogP) is 0.513. The minimum Gasteiger partial charge on any atom is -0.443 e. The van der Waals surface area contributed by atoms with Crippen molar-refractivity contribution in [3.8, 4) is 0 Å². The van der Waals surface area contributed by atoms with Crippen LogP contribution in [-0.4, -0.2) is 16.6 Å². The summed E-state index contributed by atoms with van der Waals surface area (Å²) in [5, 5.41) is 9.21. The highest BCUT2D eigenvalue weighted by atomic mass is 32.1. The van der Waals surface area contributed by atoms with Crippen molar-refractivity contribution in [3.63, 3.8) is 0 Å². The number of nitrogens with zero attached hydrogens (tertiary/aromatic N) is 1. The van der Waals surface area contributed by atoms with Gasteiger partial charge in [0.25, 0.3) is 0 Å². The maximum absolute atomic E-state index is 11.4. The summed E-state index contributed by atoms with van der Waals surface area (Å²) in [4.78, 5) is 11.7. The van der Waals surface area contributed by atoms with Crippen LogP contribution in [0.25, 0.3) is 0 Å². The molecule has 1 aromatic rings. The van der Waals surface area contributed by atoms with Gasteiger partial charge >= 0.3 is 5.97 Å². The Morgan fingerprint density at radius 1 is 1.73 bits per heavy atom. The quantitative estimate of drug-likeness (QED) is 0.738. The summed E-state index contributed by atoms with van der Waals surface area (Å²) in [7, 11) is 0. The van der Waals surface area contributed by atoms with E-state index < -0.39 is 12.0 Å². The van der Waals surface area contributed by atoms with E-state index in [1.807, 2.05) is 13.8 Å². The smallest absolute Gasteiger partial charge is 0.324 e. The Hall–Kier alpha value is -1.14. The molecule has 15 heavy (non-hydrogen) atoms. The molecule has 0 bridgehead atoms. The minimum absolute atomic E-state index is 0.0560. The van der Waals surface area contributed by atoms with Gasteiger partial charge in [0.15, 0.2) is 11.5 Å². The number of esters is 1. The van der Waals surface area contributed by atoms with Crippen molar-refractivity contribution < 1.29 is 9.53 Å². The van der Waals surface area contributed by atoms with Gasteiger partial charge in [-0.1, -0.05) is 13.8 Å². The number of hydrogen-bond donors (Lipinski definition) is 2. The lowest BCUT2D eigenvalue weighted by atomic mass is 10.1. The van der Waals surface area contributed by atoms with E-state index in [1.54, 1.807) is 11.6 Å². The fourth-order valence-electron chi connectivity index (χ4n) is 0.907. The van der Waals surface area contributed by atoms with E-state index in [1.165, 1.54) is 15.9 Å². The Labute approximate surface area is 92.0 Å². The van der Waals surface area contributed by atoms with Crippen LogP contribution in [-0.2, 0) is 16.3 Å². The molecular weight excluding hydrogens is 214 g/mol. The summed E-state index contributed by atoms with van der Waals surface area (Å²) in [5.41, 5.74) is 5.61. The lowest BCUT2D eigenvalue weighted by molar-refractivity contribution is -0.150. The van der Waals surface area contributed by atoms with E-state index in [9.17, 15) is 4.79 Å². The van der Waals surface area contributed by atoms with Crippen LogP contribution in [0.15, 0.2) is 11.6 Å². The van der Waals surface area contributed by atoms with Gasteiger partial charge in [0, 0.05) is 11.6 Å². The molecular formula is C9H15N3O2S. The van der Waals surface area contributed by atoms with Crippen LogP contribution in [0.2, 0.25) is 0 Å². The van der Waals surface area contributed by atoms with E-state index in [4.69, 9.17) is 15.9 Å². The van der Waals surface area contributed by atoms with Crippen molar-refractivity contribution in [1.82, 2.24) is 4.57 Å². The highest BCUT2D eigenvalue weighted by Crippen LogP contribution is 2.01. The molecule has 0 aliphatic carbocycles. The Bertz CT molecular complexity index is 383. The molecule has 0 fully saturated rings. The minimum atomic E-state index is -0.599. The van der Waals surface area contributed by atoms with Crippen LogP contribution in [0.5, 0.6) is 0 Å². The SMILES string of the molecule is CC(C)C(N)C(=O)OCn1ccsc1=N. The van der Waals surface area contributed by atoms with Gasteiger partial charge in [0.05, 0.1) is 0 Å². The monoisotopic (exact) mass is 229 g/mol. The zero-order chi connectivity index (χ0) is 11.4. The number of aromatic nitrogens is 1. The second-order valence-corrected chi connectivity index (χ2v) is 4.43. The third kappa shape index (κ3) is 3.17. The van der Waals surface area contributed by atoms with E-state index in [0.29, 0.717) is 4.80 Å². The summed E-state index contributed by atoms with van der Waals surface area (Å²) in [6.07, 6.45) is 1.70. The summed E-state index contributed by atoms with van der Waals surface area (Å²) < 4.78 is 6.51. The number of nitrogens with two attached hydrogens (primary N) is 1. The van der Waals surface area contributed by atoms with Gasteiger partial charge in [-0.3, -0.25) is 14.8 Å². The first-order valence-corrected chi connectivity index (χ1v) is 5.51. The summed E-state index contributed by atoms with van der Waals surface area (Å²) in [5.74, 6) is -0.372. The first-order chi connectivity index (χ1) is 7.02. The fraction of sp³-hybridized carbons (Fsp3) is 0.556. The molecule has 1 rings (SSSR count). The molecule has 0 saturated heterocycles. The molecule has 1 atom stereocenters. The average molecular weight is 229 g/mol. The van der Waals surface area contributed by atoms with Crippen molar-refractivity contribution >= 4 is 17.3 Å². The molecule has 0 radical (unpaired) electrons. The number of rotatable bonds is 4. The van der Waals surface area contributed by atoms with Crippen LogP contribution in [0, 0.1) is 11.3 Å². The van der Waals surface area contributed by atoms with Gasteiger partial charge in [-0.15, -0.1) is 11.3 Å². The van der Waals surface area contributed by atoms with E-state index >= 15 is 0 Å². The van der Waals surface area contributed by atoms with Crippen LogP contribution < -0.4 is 10.5 Å². The van der Waals surface area contributed by atoms with Crippen LogP contribution >= 0.6 is 11.3 Å². The molecule has 0 aromatic carbocycles. The lowest BCUT2D eigenvalue weighted by Gasteiger charge is -2.14. The lowest BCUT2D eigenvalue weighted by Crippen LogP contribution is -2.37. The number of nitrogens with one attached hydrogen (secondary N) is 1. The van der Waals surface area contributed by atoms with E-state index in [0.717, 1.165) is 0 Å². The number of hydrogen-bond acceptors (Lipinski definition) is 5. The van der Waals surface area contributed by atoms with Crippen molar-refractivity contribution in [2.45, 2.75) is 26.6 Å². The van der Waals surface area contributed by atoms with Crippen molar-refractivity contribution in [1.29, 1.82) is 5.41 Å². The number of carbonyl (C=O) groups is 1. The molecule has 5 nitrogen and oxygen atoms in total. The zero-order valence-electron chi connectivity index (χ0n) is 8.77. The molecule has 3 N–H and O–H groups in total. The molecule has 0 saturated carbocycles. The summed E-state index contributed by atoms with van der Waals surface area (Å²) in [6, 6.07) is -0.599. The number of ether oxygens (including phenoxy) is 1. The molecule has 0 aliphatic heterocycles. The van der Waals surface area contributed by atoms with Crippen molar-refractivity contribution in [2.75, 3.05) is 0 Å². The molecule has 1 unspecified atom stereocenters. The van der Waals surface area contributed by atoms with Gasteiger partial charge in [-0.05, 0) is 5.92 Å². The Morgan fingerprint density at radius 3 is 2.87 bits per heavy atom. The first-order valence-electron chi connectivity index (χ1n) is 4.63. The molecule has 84 valence electrons. The predicted molar refractivity (Wildman–Crippen MR) is 57.1 cm³/mol. The Morgan fingerprint density at radius 2 is 2.40 bits per heavy atom. The molecule has 1 aromatic heterocycles. The second kappa shape index (κ2) is 5.09. The topological polar surface area (TPSA) is 81.1 Å². The molecule has 0 spiro atoms. The van der Waals surface area contributed by atoms with Gasteiger partial charge < -0.3 is 10.5 Å². The Kier molecular flexibility index (Phi) is 4.05. The van der Waals surface area contributed by atoms with Crippen LogP contribution in [0.4, 0.5) is 0 Å². The number of thiazole rings is 1. The molecule has 0 aliphatic rings. The standard InChI is InChI=1S/C9H15N3O2S/c1-6(2)7(10)8(13)14-5-12-3-4-15-9(12)11/h3-4,6-7,11H,5,10H2,1-2H3. The zero-order valence-corrected chi connectivity index (χ0v) is 9.58. The molecule has 1 heterocycles. The fourth-order valence-corrected chi connectivity index (χ4v) is 1.49. The van der Waals surface area contributed by atoms with E-state index in [2.05, 4.69) is 0 Å². The maximum Gasteiger partial charge on any atom is 0.324 e. The Balaban J connectivity index is 2.48. The third-order valence-corrected chi connectivity index (χ3v) is 2.73. The van der Waals surface area contributed by atoms with Crippen LogP contribution in [0.1, 0.15) is 13.8 Å². The highest BCUT2D eigenvalue weighted by molar-refractivity contribution is 7.06. The van der Waals surface area contributed by atoms with E-state index in [-0.39, 0.29) is 12.6 Å². The summed E-state index contributed by atoms with van der Waals surface area (Å²) in [6.45, 7) is 3.78. The maximum atomic E-state index is 11.4. The van der Waals surface area contributed by atoms with Gasteiger partial charge in [-0.25, -0.2) is 0 Å². The largest absolute Gasteiger partial charge is 0.443 e. The highest BCUT2D eigenvalue weighted by Gasteiger charge is 2.18. The van der Waals surface area contributed by atoms with Crippen molar-refractivity contribution in [2.24, 2.45) is 11.7 Å².